The Bertz CT molecular complexity index is 389. The van der Waals surface area contributed by atoms with Crippen LogP contribution in [0.4, 0.5) is 8.78 Å². The van der Waals surface area contributed by atoms with E-state index in [1.54, 1.807) is 13.0 Å². The van der Waals surface area contributed by atoms with Crippen LogP contribution < -0.4 is 4.74 Å². The summed E-state index contributed by atoms with van der Waals surface area (Å²) in [4.78, 5) is 11.2. The first-order valence-electron chi connectivity index (χ1n) is 5.10. The number of esters is 1. The lowest BCUT2D eigenvalue weighted by Gasteiger charge is -2.15. The van der Waals surface area contributed by atoms with Crippen LogP contribution in [0.5, 0.6) is 5.75 Å². The van der Waals surface area contributed by atoms with Crippen molar-refractivity contribution in [3.8, 4) is 5.75 Å². The van der Waals surface area contributed by atoms with Crippen molar-refractivity contribution in [3.63, 3.8) is 0 Å². The Morgan fingerprint density at radius 2 is 2.00 bits per heavy atom. The van der Waals surface area contributed by atoms with Crippen molar-refractivity contribution >= 4 is 5.97 Å². The Morgan fingerprint density at radius 3 is 2.47 bits per heavy atom. The Morgan fingerprint density at radius 1 is 1.35 bits per heavy atom. The van der Waals surface area contributed by atoms with Crippen LogP contribution in [0.15, 0.2) is 18.2 Å². The van der Waals surface area contributed by atoms with E-state index in [1.807, 2.05) is 0 Å². The maximum absolute atomic E-state index is 12.3. The first-order valence-corrected chi connectivity index (χ1v) is 5.10. The molecule has 0 aliphatic heterocycles. The van der Waals surface area contributed by atoms with Crippen LogP contribution in [0.25, 0.3) is 0 Å². The molecule has 3 nitrogen and oxygen atoms in total. The first-order chi connectivity index (χ1) is 8.12. The van der Waals surface area contributed by atoms with Crippen LogP contribution in [0, 0.1) is 6.92 Å². The largest absolute Gasteiger partial charge is 0.485 e. The quantitative estimate of drug-likeness (QED) is 0.746. The average molecular weight is 244 g/mol. The summed E-state index contributed by atoms with van der Waals surface area (Å²) >= 11 is 0. The topological polar surface area (TPSA) is 35.5 Å². The predicted molar refractivity (Wildman–Crippen MR) is 58.9 cm³/mol. The van der Waals surface area contributed by atoms with E-state index in [0.717, 1.165) is 0 Å². The molecule has 0 fully saturated rings. The van der Waals surface area contributed by atoms with Crippen molar-refractivity contribution in [1.29, 1.82) is 0 Å². The van der Waals surface area contributed by atoms with E-state index in [2.05, 4.69) is 4.74 Å². The van der Waals surface area contributed by atoms with Crippen molar-refractivity contribution in [3.05, 3.63) is 29.3 Å². The van der Waals surface area contributed by atoms with Crippen molar-refractivity contribution < 1.29 is 23.0 Å². The molecule has 0 heterocycles. The molecule has 0 amide bonds. The zero-order valence-electron chi connectivity index (χ0n) is 9.70. The molecule has 1 aromatic carbocycles. The van der Waals surface area contributed by atoms with E-state index in [-0.39, 0.29) is 0 Å². The van der Waals surface area contributed by atoms with Gasteiger partial charge in [0.25, 0.3) is 0 Å². The summed E-state index contributed by atoms with van der Waals surface area (Å²) in [6.45, 7) is -0.0985. The summed E-state index contributed by atoms with van der Waals surface area (Å²) in [5.41, 5.74) is 0.995. The zero-order chi connectivity index (χ0) is 12.8. The monoisotopic (exact) mass is 244 g/mol. The van der Waals surface area contributed by atoms with Gasteiger partial charge in [0.15, 0.2) is 6.10 Å². The molecule has 1 rings (SSSR count). The van der Waals surface area contributed by atoms with Gasteiger partial charge in [0.1, 0.15) is 19.1 Å². The smallest absolute Gasteiger partial charge is 0.337 e. The van der Waals surface area contributed by atoms with Crippen LogP contribution >= 0.6 is 0 Å². The highest BCUT2D eigenvalue weighted by atomic mass is 19.1. The molecule has 0 radical (unpaired) electrons. The lowest BCUT2D eigenvalue weighted by Crippen LogP contribution is -2.21. The van der Waals surface area contributed by atoms with E-state index < -0.39 is 25.4 Å². The first kappa shape index (κ1) is 13.4. The molecule has 17 heavy (non-hydrogen) atoms. The van der Waals surface area contributed by atoms with Crippen molar-refractivity contribution in [2.75, 3.05) is 20.5 Å². The summed E-state index contributed by atoms with van der Waals surface area (Å²) in [5, 5.41) is 0. The third kappa shape index (κ3) is 3.41. The number of hydrogen-bond acceptors (Lipinski definition) is 3. The molecule has 0 aliphatic carbocycles. The standard InChI is InChI=1S/C12H14F2O3/c1-8-5-9(12(15)16-2)3-4-11(8)17-10(6-13)7-14/h3-5,10H,6-7H2,1-2H3. The van der Waals surface area contributed by atoms with Gasteiger partial charge in [-0.3, -0.25) is 0 Å². The highest BCUT2D eigenvalue weighted by molar-refractivity contribution is 5.89. The number of hydrogen-bond donors (Lipinski definition) is 0. The fraction of sp³-hybridized carbons (Fsp3) is 0.417. The molecule has 0 saturated carbocycles. The van der Waals surface area contributed by atoms with Gasteiger partial charge in [-0.1, -0.05) is 0 Å². The molecular formula is C12H14F2O3. The van der Waals surface area contributed by atoms with Crippen LogP contribution in [0.3, 0.4) is 0 Å². The fourth-order valence-electron chi connectivity index (χ4n) is 1.31. The summed E-state index contributed by atoms with van der Waals surface area (Å²) in [5.74, 6) is -0.106. The van der Waals surface area contributed by atoms with Crippen molar-refractivity contribution in [1.82, 2.24) is 0 Å². The number of alkyl halides is 2. The molecule has 0 atom stereocenters. The van der Waals surface area contributed by atoms with Gasteiger partial charge in [-0.05, 0) is 30.7 Å². The average Bonchev–Trinajstić information content (AvgIpc) is 2.36. The second-order valence-corrected chi connectivity index (χ2v) is 3.52. The van der Waals surface area contributed by atoms with Gasteiger partial charge in [-0.15, -0.1) is 0 Å². The van der Waals surface area contributed by atoms with E-state index in [1.165, 1.54) is 19.2 Å². The molecule has 94 valence electrons. The van der Waals surface area contributed by atoms with E-state index in [9.17, 15) is 13.6 Å². The Kier molecular flexibility index (Phi) is 4.87. The fourth-order valence-corrected chi connectivity index (χ4v) is 1.31. The molecule has 1 aromatic rings. The van der Waals surface area contributed by atoms with Crippen molar-refractivity contribution in [2.45, 2.75) is 13.0 Å². The van der Waals surface area contributed by atoms with Gasteiger partial charge >= 0.3 is 5.97 Å². The number of carbonyl (C=O) groups excluding carboxylic acids is 1. The maximum Gasteiger partial charge on any atom is 0.337 e. The van der Waals surface area contributed by atoms with E-state index in [4.69, 9.17) is 4.74 Å². The van der Waals surface area contributed by atoms with Crippen LogP contribution in [-0.4, -0.2) is 32.5 Å². The number of carbonyl (C=O) groups is 1. The maximum atomic E-state index is 12.3. The lowest BCUT2D eigenvalue weighted by molar-refractivity contribution is 0.0600. The van der Waals surface area contributed by atoms with Crippen LogP contribution in [0.1, 0.15) is 15.9 Å². The highest BCUT2D eigenvalue weighted by Crippen LogP contribution is 2.21. The number of aryl methyl sites for hydroxylation is 1. The number of rotatable bonds is 5. The van der Waals surface area contributed by atoms with Gasteiger partial charge < -0.3 is 9.47 Å². The molecule has 5 heteroatoms. The highest BCUT2D eigenvalue weighted by Gasteiger charge is 2.13. The minimum Gasteiger partial charge on any atom is -0.485 e. The van der Waals surface area contributed by atoms with Crippen LogP contribution in [-0.2, 0) is 4.74 Å². The third-order valence-corrected chi connectivity index (χ3v) is 2.23. The summed E-state index contributed by atoms with van der Waals surface area (Å²) < 4.78 is 34.3. The number of halogens is 2. The minimum atomic E-state index is -1.10. The second kappa shape index (κ2) is 6.18. The molecule has 0 unspecified atom stereocenters. The Hall–Kier alpha value is -1.65. The number of benzene rings is 1. The summed E-state index contributed by atoms with van der Waals surface area (Å²) in [6.07, 6.45) is -1.10. The SMILES string of the molecule is COC(=O)c1ccc(OC(CF)CF)c(C)c1. The molecule has 0 bridgehead atoms. The summed E-state index contributed by atoms with van der Waals surface area (Å²) in [6, 6.07) is 4.54. The zero-order valence-corrected chi connectivity index (χ0v) is 9.70. The number of methoxy groups -OCH3 is 1. The van der Waals surface area contributed by atoms with Gasteiger partial charge in [0.05, 0.1) is 12.7 Å². The number of ether oxygens (including phenoxy) is 2. The van der Waals surface area contributed by atoms with Gasteiger partial charge in [0, 0.05) is 0 Å². The van der Waals surface area contributed by atoms with Gasteiger partial charge in [0.2, 0.25) is 0 Å². The molecule has 0 N–H and O–H groups in total. The van der Waals surface area contributed by atoms with Crippen molar-refractivity contribution in [2.24, 2.45) is 0 Å². The Balaban J connectivity index is 2.86. The predicted octanol–water partition coefficient (Wildman–Crippen LogP) is 2.47. The van der Waals surface area contributed by atoms with E-state index in [0.29, 0.717) is 16.9 Å². The normalized spacial score (nSPS) is 10.4. The summed E-state index contributed by atoms with van der Waals surface area (Å²) in [7, 11) is 1.28. The van der Waals surface area contributed by atoms with Gasteiger partial charge in [-0.25, -0.2) is 13.6 Å². The second-order valence-electron chi connectivity index (χ2n) is 3.52. The molecule has 0 saturated heterocycles. The lowest BCUT2D eigenvalue weighted by atomic mass is 10.1. The molecule has 0 aliphatic rings. The molecular weight excluding hydrogens is 230 g/mol. The molecule has 0 aromatic heterocycles. The molecule has 0 spiro atoms. The third-order valence-electron chi connectivity index (χ3n) is 2.23. The van der Waals surface area contributed by atoms with Crippen LogP contribution in [0.2, 0.25) is 0 Å². The minimum absolute atomic E-state index is 0.359. The van der Waals surface area contributed by atoms with Gasteiger partial charge in [-0.2, -0.15) is 0 Å². The van der Waals surface area contributed by atoms with E-state index >= 15 is 0 Å². The Labute approximate surface area is 98.3 Å².